The molecule has 2 rings (SSSR count). The number of hydrogen-bond donors (Lipinski definition) is 1. The fourth-order valence-electron chi connectivity index (χ4n) is 2.17. The minimum absolute atomic E-state index is 0.450. The van der Waals surface area contributed by atoms with Gasteiger partial charge >= 0.3 is 0 Å². The highest BCUT2D eigenvalue weighted by Crippen LogP contribution is 2.24. The second kappa shape index (κ2) is 6.92. The highest BCUT2D eigenvalue weighted by molar-refractivity contribution is 7.93. The molecule has 1 atom stereocenters. The molecule has 4 nitrogen and oxygen atoms in total. The molecule has 1 unspecified atom stereocenters. The molecule has 1 aromatic carbocycles. The van der Waals surface area contributed by atoms with E-state index in [0.29, 0.717) is 12.1 Å². The molecule has 0 saturated carbocycles. The minimum atomic E-state index is -3.41. The molecule has 0 aliphatic rings. The molecule has 0 fully saturated rings. The molecule has 1 N–H and O–H groups in total. The molecule has 0 amide bonds. The lowest BCUT2D eigenvalue weighted by molar-refractivity contribution is 0.582. The number of aromatic nitrogens is 1. The van der Waals surface area contributed by atoms with Crippen molar-refractivity contribution in [1.82, 2.24) is 4.98 Å². The number of hydrogen-bond acceptors (Lipinski definition) is 3. The predicted molar refractivity (Wildman–Crippen MR) is 92.4 cm³/mol. The smallest absolute Gasteiger partial charge is 0.235 e. The molecular formula is C17H22N2O2S. The molecule has 1 aromatic heterocycles. The first-order valence-electron chi connectivity index (χ1n) is 7.41. The third kappa shape index (κ3) is 3.85. The standard InChI is InChI=1S/C17H22N2O2S/c1-4-13(2)9-10-14(3)22(20,21)19-17-11-12-18-16-8-6-5-7-15(16)17/h4-8,11-12,14H,9-10H2,1-3H3,(H,18,19)/b13-4-. The third-order valence-electron chi connectivity index (χ3n) is 3.87. The van der Waals surface area contributed by atoms with Gasteiger partial charge in [0.2, 0.25) is 10.0 Å². The molecule has 22 heavy (non-hydrogen) atoms. The molecular weight excluding hydrogens is 296 g/mol. The second-order valence-electron chi connectivity index (χ2n) is 5.51. The molecule has 118 valence electrons. The van der Waals surface area contributed by atoms with Crippen LogP contribution in [0.1, 0.15) is 33.6 Å². The summed E-state index contributed by atoms with van der Waals surface area (Å²) in [4.78, 5) is 4.25. The van der Waals surface area contributed by atoms with Gasteiger partial charge in [-0.25, -0.2) is 8.42 Å². The van der Waals surface area contributed by atoms with Crippen LogP contribution in [0.3, 0.4) is 0 Å². The van der Waals surface area contributed by atoms with E-state index in [9.17, 15) is 8.42 Å². The van der Waals surface area contributed by atoms with E-state index in [2.05, 4.69) is 9.71 Å². The summed E-state index contributed by atoms with van der Waals surface area (Å²) >= 11 is 0. The maximum atomic E-state index is 12.5. The number of para-hydroxylation sites is 1. The van der Waals surface area contributed by atoms with Gasteiger partial charge < -0.3 is 0 Å². The molecule has 0 aliphatic heterocycles. The zero-order chi connectivity index (χ0) is 16.2. The van der Waals surface area contributed by atoms with Gasteiger partial charge in [-0.1, -0.05) is 29.8 Å². The molecule has 0 spiro atoms. The number of benzene rings is 1. The van der Waals surface area contributed by atoms with E-state index < -0.39 is 15.3 Å². The van der Waals surface area contributed by atoms with Crippen LogP contribution in [0.25, 0.3) is 10.9 Å². The molecule has 0 bridgehead atoms. The summed E-state index contributed by atoms with van der Waals surface area (Å²) in [6, 6.07) is 9.20. The van der Waals surface area contributed by atoms with E-state index in [1.807, 2.05) is 44.2 Å². The van der Waals surface area contributed by atoms with Crippen molar-refractivity contribution in [2.24, 2.45) is 0 Å². The monoisotopic (exact) mass is 318 g/mol. The van der Waals surface area contributed by atoms with Crippen molar-refractivity contribution in [2.75, 3.05) is 4.72 Å². The van der Waals surface area contributed by atoms with Gasteiger partial charge in [-0.05, 0) is 45.7 Å². The average Bonchev–Trinajstić information content (AvgIpc) is 2.52. The summed E-state index contributed by atoms with van der Waals surface area (Å²) in [5.41, 5.74) is 2.57. The Hall–Kier alpha value is -1.88. The van der Waals surface area contributed by atoms with Crippen molar-refractivity contribution in [3.05, 3.63) is 48.2 Å². The van der Waals surface area contributed by atoms with Crippen LogP contribution in [0.15, 0.2) is 48.2 Å². The molecule has 0 saturated heterocycles. The topological polar surface area (TPSA) is 59.1 Å². The Morgan fingerprint density at radius 2 is 2.05 bits per heavy atom. The quantitative estimate of drug-likeness (QED) is 0.815. The van der Waals surface area contributed by atoms with Gasteiger partial charge in [0, 0.05) is 11.6 Å². The molecule has 1 heterocycles. The Labute approximate surface area is 132 Å². The molecule has 0 aliphatic carbocycles. The Balaban J connectivity index is 2.20. The zero-order valence-corrected chi connectivity index (χ0v) is 14.0. The first-order valence-corrected chi connectivity index (χ1v) is 8.96. The number of rotatable bonds is 6. The van der Waals surface area contributed by atoms with Gasteiger partial charge in [-0.2, -0.15) is 0 Å². The third-order valence-corrected chi connectivity index (χ3v) is 5.67. The van der Waals surface area contributed by atoms with E-state index >= 15 is 0 Å². The summed E-state index contributed by atoms with van der Waals surface area (Å²) in [6.07, 6.45) is 5.03. The lowest BCUT2D eigenvalue weighted by Gasteiger charge is -2.16. The molecule has 5 heteroatoms. The molecule has 0 radical (unpaired) electrons. The van der Waals surface area contributed by atoms with Crippen molar-refractivity contribution in [2.45, 2.75) is 38.9 Å². The van der Waals surface area contributed by atoms with Gasteiger partial charge in [0.25, 0.3) is 0 Å². The van der Waals surface area contributed by atoms with Crippen molar-refractivity contribution in [3.8, 4) is 0 Å². The number of sulfonamides is 1. The summed E-state index contributed by atoms with van der Waals surface area (Å²) < 4.78 is 27.7. The summed E-state index contributed by atoms with van der Waals surface area (Å²) in [5.74, 6) is 0. The first kappa shape index (κ1) is 16.5. The van der Waals surface area contributed by atoms with E-state index in [0.717, 1.165) is 17.3 Å². The van der Waals surface area contributed by atoms with Crippen LogP contribution in [-0.4, -0.2) is 18.7 Å². The Morgan fingerprint density at radius 3 is 2.77 bits per heavy atom. The summed E-state index contributed by atoms with van der Waals surface area (Å²) in [7, 11) is -3.41. The number of nitrogens with zero attached hydrogens (tertiary/aromatic N) is 1. The van der Waals surface area contributed by atoms with Crippen LogP contribution in [-0.2, 0) is 10.0 Å². The molecule has 2 aromatic rings. The Kier molecular flexibility index (Phi) is 5.19. The Morgan fingerprint density at radius 1 is 1.32 bits per heavy atom. The highest BCUT2D eigenvalue weighted by Gasteiger charge is 2.21. The Bertz CT molecular complexity index is 777. The zero-order valence-electron chi connectivity index (χ0n) is 13.2. The first-order chi connectivity index (χ1) is 10.4. The van der Waals surface area contributed by atoms with Crippen LogP contribution in [0.2, 0.25) is 0 Å². The number of nitrogens with one attached hydrogen (secondary N) is 1. The largest absolute Gasteiger partial charge is 0.283 e. The SMILES string of the molecule is C/C=C(/C)CCC(C)S(=O)(=O)Nc1ccnc2ccccc12. The van der Waals surface area contributed by atoms with E-state index in [1.165, 1.54) is 5.57 Å². The van der Waals surface area contributed by atoms with E-state index in [1.54, 1.807) is 19.2 Å². The lowest BCUT2D eigenvalue weighted by Crippen LogP contribution is -2.25. The lowest BCUT2D eigenvalue weighted by atomic mass is 10.1. The average molecular weight is 318 g/mol. The van der Waals surface area contributed by atoms with Gasteiger partial charge in [0.05, 0.1) is 16.5 Å². The summed E-state index contributed by atoms with van der Waals surface area (Å²) in [6.45, 7) is 5.73. The normalized spacial score (nSPS) is 14.0. The van der Waals surface area contributed by atoms with E-state index in [-0.39, 0.29) is 0 Å². The fraction of sp³-hybridized carbons (Fsp3) is 0.353. The van der Waals surface area contributed by atoms with Crippen molar-refractivity contribution >= 4 is 26.6 Å². The van der Waals surface area contributed by atoms with Gasteiger partial charge in [0.1, 0.15) is 0 Å². The van der Waals surface area contributed by atoms with Gasteiger partial charge in [-0.15, -0.1) is 0 Å². The van der Waals surface area contributed by atoms with Crippen LogP contribution < -0.4 is 4.72 Å². The van der Waals surface area contributed by atoms with Crippen molar-refractivity contribution < 1.29 is 8.42 Å². The predicted octanol–water partition coefficient (Wildman–Crippen LogP) is 4.11. The van der Waals surface area contributed by atoms with Crippen LogP contribution in [0.4, 0.5) is 5.69 Å². The minimum Gasteiger partial charge on any atom is -0.283 e. The van der Waals surface area contributed by atoms with Crippen molar-refractivity contribution in [1.29, 1.82) is 0 Å². The second-order valence-corrected chi connectivity index (χ2v) is 7.61. The fourth-order valence-corrected chi connectivity index (χ4v) is 3.28. The maximum absolute atomic E-state index is 12.5. The van der Waals surface area contributed by atoms with Crippen molar-refractivity contribution in [3.63, 3.8) is 0 Å². The number of fused-ring (bicyclic) bond motifs is 1. The highest BCUT2D eigenvalue weighted by atomic mass is 32.2. The number of anilines is 1. The van der Waals surface area contributed by atoms with Gasteiger partial charge in [-0.3, -0.25) is 9.71 Å². The number of allylic oxidation sites excluding steroid dienone is 2. The van der Waals surface area contributed by atoms with Gasteiger partial charge in [0.15, 0.2) is 0 Å². The van der Waals surface area contributed by atoms with Crippen LogP contribution in [0, 0.1) is 0 Å². The number of pyridine rings is 1. The maximum Gasteiger partial charge on any atom is 0.235 e. The van der Waals surface area contributed by atoms with E-state index in [4.69, 9.17) is 0 Å². The summed E-state index contributed by atoms with van der Waals surface area (Å²) in [5, 5.41) is 0.361. The van der Waals surface area contributed by atoms with Crippen LogP contribution in [0.5, 0.6) is 0 Å². The van der Waals surface area contributed by atoms with Crippen LogP contribution >= 0.6 is 0 Å².